The second-order valence-corrected chi connectivity index (χ2v) is 10.8. The molecule has 1 saturated carbocycles. The largest absolute Gasteiger partial charge is 0.275 e. The minimum Gasteiger partial charge on any atom is -0.267 e. The van der Waals surface area contributed by atoms with Gasteiger partial charge in [0.15, 0.2) is 0 Å². The molecule has 0 saturated heterocycles. The van der Waals surface area contributed by atoms with Gasteiger partial charge in [-0.1, -0.05) is 72.8 Å². The maximum Gasteiger partial charge on any atom is 0.275 e. The zero-order valence-corrected chi connectivity index (χ0v) is 22.8. The molecular weight excluding hydrogens is 528 g/mol. The van der Waals surface area contributed by atoms with Crippen molar-refractivity contribution in [3.05, 3.63) is 143 Å². The Hall–Kier alpha value is -4.97. The molecule has 0 N–H and O–H groups in total. The number of allylic oxidation sites excluding steroid dienone is 1. The summed E-state index contributed by atoms with van der Waals surface area (Å²) in [5.41, 5.74) is 6.46. The lowest BCUT2D eigenvalue weighted by Crippen LogP contribution is -2.32. The number of aromatic nitrogens is 1. The second-order valence-electron chi connectivity index (χ2n) is 10.8. The molecule has 2 atom stereocenters. The quantitative estimate of drug-likeness (QED) is 0.223. The first-order valence-electron chi connectivity index (χ1n) is 14.1. The average molecular weight is 556 g/mol. The Bertz CT molecular complexity index is 1850. The summed E-state index contributed by atoms with van der Waals surface area (Å²) in [5, 5.41) is 7.35. The Morgan fingerprint density at radius 2 is 1.52 bits per heavy atom. The summed E-state index contributed by atoms with van der Waals surface area (Å²) in [6.45, 7) is 0. The molecule has 7 rings (SSSR count). The molecule has 0 unspecified atom stereocenters. The molecule has 1 fully saturated rings. The van der Waals surface area contributed by atoms with Crippen LogP contribution in [0, 0.1) is 17.6 Å². The number of halogens is 2. The van der Waals surface area contributed by atoms with Crippen molar-refractivity contribution in [3.8, 4) is 11.3 Å². The van der Waals surface area contributed by atoms with Crippen molar-refractivity contribution < 1.29 is 13.6 Å². The van der Waals surface area contributed by atoms with Crippen molar-refractivity contribution in [2.45, 2.75) is 25.3 Å². The van der Waals surface area contributed by atoms with Gasteiger partial charge in [-0.15, -0.1) is 0 Å². The van der Waals surface area contributed by atoms with Crippen LogP contribution in [0.1, 0.15) is 46.8 Å². The molecule has 0 radical (unpaired) electrons. The number of hydrogen-bond acceptors (Lipinski definition) is 3. The van der Waals surface area contributed by atoms with Crippen LogP contribution in [-0.2, 0) is 0 Å². The molecule has 2 aliphatic rings. The maximum atomic E-state index is 14.6. The van der Waals surface area contributed by atoms with Crippen LogP contribution in [0.2, 0.25) is 0 Å². The van der Waals surface area contributed by atoms with Crippen molar-refractivity contribution >= 4 is 28.6 Å². The number of carbonyl (C=O) groups excluding carboxylic acids is 1. The third-order valence-electron chi connectivity index (χ3n) is 8.15. The van der Waals surface area contributed by atoms with Crippen LogP contribution in [-0.4, -0.2) is 21.6 Å². The van der Waals surface area contributed by atoms with Gasteiger partial charge in [0.05, 0.1) is 28.5 Å². The van der Waals surface area contributed by atoms with Gasteiger partial charge in [0.2, 0.25) is 0 Å². The van der Waals surface area contributed by atoms with Gasteiger partial charge in [-0.3, -0.25) is 4.79 Å². The van der Waals surface area contributed by atoms with E-state index in [1.54, 1.807) is 29.3 Å². The maximum absolute atomic E-state index is 14.6. The first-order chi connectivity index (χ1) is 20.5. The van der Waals surface area contributed by atoms with E-state index < -0.39 is 6.04 Å². The number of rotatable bonds is 4. The molecule has 1 aliphatic heterocycles. The topological polar surface area (TPSA) is 45.6 Å². The number of pyridine rings is 1. The summed E-state index contributed by atoms with van der Waals surface area (Å²) in [6, 6.07) is 31.6. The van der Waals surface area contributed by atoms with Gasteiger partial charge in [0, 0.05) is 16.9 Å². The van der Waals surface area contributed by atoms with Crippen molar-refractivity contribution in [2.75, 3.05) is 0 Å². The Morgan fingerprint density at radius 1 is 0.833 bits per heavy atom. The number of carbonyl (C=O) groups is 1. The van der Waals surface area contributed by atoms with Crippen LogP contribution in [0.3, 0.4) is 0 Å². The van der Waals surface area contributed by atoms with Crippen LogP contribution >= 0.6 is 0 Å². The predicted molar refractivity (Wildman–Crippen MR) is 162 cm³/mol. The summed E-state index contributed by atoms with van der Waals surface area (Å²) in [6.07, 6.45) is 4.61. The lowest BCUT2D eigenvalue weighted by atomic mass is 9.77. The monoisotopic (exact) mass is 555 g/mol. The molecular formula is C36H27F2N3O. The van der Waals surface area contributed by atoms with Crippen LogP contribution in [0.4, 0.5) is 8.78 Å². The average Bonchev–Trinajstić information content (AvgIpc) is 3.43. The Labute approximate surface area is 242 Å². The molecule has 42 heavy (non-hydrogen) atoms. The molecule has 206 valence electrons. The Morgan fingerprint density at radius 3 is 2.29 bits per heavy atom. The fraction of sp³-hybridized carbons (Fsp3) is 0.139. The zero-order valence-electron chi connectivity index (χ0n) is 22.8. The molecule has 5 aromatic rings. The fourth-order valence-corrected chi connectivity index (χ4v) is 6.15. The van der Waals surface area contributed by atoms with Gasteiger partial charge in [0.1, 0.15) is 11.6 Å². The standard InChI is InChI=1S/C36H27F2N3O/c37-27-17-13-23(14-18-27)21-26-9-6-11-30-34(26)40-41(35(30)25-15-19-28(38)20-16-25)36(42)31-22-33(24-7-2-1-3-8-24)39-32-12-5-4-10-29(31)32/h1-5,7-8,10,12-22,30,35H,6,9,11H2/b26-21+/t30-,35-/m1/s1. The van der Waals surface area contributed by atoms with E-state index in [4.69, 9.17) is 10.1 Å². The molecule has 4 aromatic carbocycles. The zero-order chi connectivity index (χ0) is 28.6. The van der Waals surface area contributed by atoms with Gasteiger partial charge in [0.25, 0.3) is 5.91 Å². The van der Waals surface area contributed by atoms with Gasteiger partial charge < -0.3 is 0 Å². The van der Waals surface area contributed by atoms with E-state index in [-0.39, 0.29) is 23.5 Å². The van der Waals surface area contributed by atoms with Crippen LogP contribution in [0.5, 0.6) is 0 Å². The van der Waals surface area contributed by atoms with E-state index in [1.165, 1.54) is 24.3 Å². The van der Waals surface area contributed by atoms with Crippen molar-refractivity contribution in [1.29, 1.82) is 0 Å². The van der Waals surface area contributed by atoms with Crippen LogP contribution in [0.15, 0.2) is 120 Å². The third-order valence-corrected chi connectivity index (χ3v) is 8.15. The van der Waals surface area contributed by atoms with Crippen molar-refractivity contribution in [1.82, 2.24) is 9.99 Å². The number of fused-ring (bicyclic) bond motifs is 2. The summed E-state index contributed by atoms with van der Waals surface area (Å²) in [7, 11) is 0. The Kier molecular flexibility index (Phi) is 6.67. The number of nitrogens with zero attached hydrogens (tertiary/aromatic N) is 3. The highest BCUT2D eigenvalue weighted by molar-refractivity contribution is 6.12. The van der Waals surface area contributed by atoms with E-state index >= 15 is 0 Å². The number of benzene rings is 4. The molecule has 1 aromatic heterocycles. The minimum absolute atomic E-state index is 0.0541. The predicted octanol–water partition coefficient (Wildman–Crippen LogP) is 8.62. The SMILES string of the molecule is O=C(c1cc(-c2ccccc2)nc2ccccc12)N1N=C2/C(=C/c3ccc(F)cc3)CCC[C@H]2[C@H]1c1ccc(F)cc1. The van der Waals surface area contributed by atoms with Crippen LogP contribution in [0.25, 0.3) is 28.2 Å². The number of para-hydroxylation sites is 1. The molecule has 2 heterocycles. The van der Waals surface area contributed by atoms with E-state index in [0.29, 0.717) is 11.3 Å². The van der Waals surface area contributed by atoms with E-state index in [1.807, 2.05) is 66.7 Å². The highest BCUT2D eigenvalue weighted by Gasteiger charge is 2.44. The number of amides is 1. The summed E-state index contributed by atoms with van der Waals surface area (Å²) < 4.78 is 27.6. The first-order valence-corrected chi connectivity index (χ1v) is 14.1. The molecule has 4 nitrogen and oxygen atoms in total. The second kappa shape index (κ2) is 10.8. The minimum atomic E-state index is -0.392. The number of hydrogen-bond donors (Lipinski definition) is 0. The van der Waals surface area contributed by atoms with E-state index in [0.717, 1.165) is 58.1 Å². The normalized spacial score (nSPS) is 19.1. The highest BCUT2D eigenvalue weighted by atomic mass is 19.1. The molecule has 0 bridgehead atoms. The number of hydrazone groups is 1. The highest BCUT2D eigenvalue weighted by Crippen LogP contribution is 2.45. The van der Waals surface area contributed by atoms with Gasteiger partial charge >= 0.3 is 0 Å². The molecule has 6 heteroatoms. The molecule has 0 spiro atoms. The lowest BCUT2D eigenvalue weighted by Gasteiger charge is -2.30. The summed E-state index contributed by atoms with van der Waals surface area (Å²) in [5.74, 6) is -0.905. The summed E-state index contributed by atoms with van der Waals surface area (Å²) >= 11 is 0. The van der Waals surface area contributed by atoms with E-state index in [2.05, 4.69) is 0 Å². The van der Waals surface area contributed by atoms with Gasteiger partial charge in [-0.25, -0.2) is 18.8 Å². The third kappa shape index (κ3) is 4.79. The summed E-state index contributed by atoms with van der Waals surface area (Å²) in [4.78, 5) is 19.5. The fourth-order valence-electron chi connectivity index (χ4n) is 6.15. The molecule has 1 aliphatic carbocycles. The van der Waals surface area contributed by atoms with Gasteiger partial charge in [-0.2, -0.15) is 5.10 Å². The first kappa shape index (κ1) is 26.0. The van der Waals surface area contributed by atoms with Gasteiger partial charge in [-0.05, 0) is 78.4 Å². The molecule has 1 amide bonds. The van der Waals surface area contributed by atoms with Crippen LogP contribution < -0.4 is 0 Å². The van der Waals surface area contributed by atoms with Crippen molar-refractivity contribution in [2.24, 2.45) is 11.0 Å². The van der Waals surface area contributed by atoms with E-state index in [9.17, 15) is 13.6 Å². The van der Waals surface area contributed by atoms with Crippen molar-refractivity contribution in [3.63, 3.8) is 0 Å². The smallest absolute Gasteiger partial charge is 0.267 e. The lowest BCUT2D eigenvalue weighted by molar-refractivity contribution is 0.0683. The Balaban J connectivity index is 1.37.